The van der Waals surface area contributed by atoms with Crippen molar-refractivity contribution in [1.29, 1.82) is 5.26 Å². The van der Waals surface area contributed by atoms with Gasteiger partial charge in [-0.15, -0.1) is 10.2 Å². The average Bonchev–Trinajstić information content (AvgIpc) is 3.19. The van der Waals surface area contributed by atoms with E-state index in [0.29, 0.717) is 17.0 Å². The number of pyridine rings is 1. The van der Waals surface area contributed by atoms with Gasteiger partial charge in [0.1, 0.15) is 35.0 Å². The van der Waals surface area contributed by atoms with Gasteiger partial charge in [-0.3, -0.25) is 8.97 Å². The Kier molecular flexibility index (Phi) is 3.37. The number of nitriles is 1. The second kappa shape index (κ2) is 5.49. The zero-order valence-electron chi connectivity index (χ0n) is 15.0. The maximum absolute atomic E-state index is 9.72. The molecule has 26 heavy (non-hydrogen) atoms. The van der Waals surface area contributed by atoms with Crippen molar-refractivity contribution < 1.29 is 4.74 Å². The van der Waals surface area contributed by atoms with Gasteiger partial charge in [-0.25, -0.2) is 0 Å². The van der Waals surface area contributed by atoms with Crippen LogP contribution < -0.4 is 10.5 Å². The molecule has 1 aromatic carbocycles. The SMILES string of the molecule is COc1ccc(C)c(-n2c(N)c(C#N)c3cc(C)n4cnnc4c32)c1C. The molecule has 7 nitrogen and oxygen atoms in total. The van der Waals surface area contributed by atoms with E-state index >= 15 is 0 Å². The van der Waals surface area contributed by atoms with Gasteiger partial charge in [0, 0.05) is 16.6 Å². The first-order valence-corrected chi connectivity index (χ1v) is 8.17. The van der Waals surface area contributed by atoms with Gasteiger partial charge in [0.25, 0.3) is 0 Å². The van der Waals surface area contributed by atoms with Crippen LogP contribution in [0, 0.1) is 32.1 Å². The monoisotopic (exact) mass is 346 g/mol. The van der Waals surface area contributed by atoms with Crippen LogP contribution in [0.3, 0.4) is 0 Å². The van der Waals surface area contributed by atoms with Gasteiger partial charge in [0.05, 0.1) is 12.8 Å². The molecule has 0 fully saturated rings. The van der Waals surface area contributed by atoms with Crippen molar-refractivity contribution in [3.63, 3.8) is 0 Å². The largest absolute Gasteiger partial charge is 0.496 e. The molecule has 0 bridgehead atoms. The second-order valence-corrected chi connectivity index (χ2v) is 6.34. The fraction of sp³-hybridized carbons (Fsp3) is 0.211. The Morgan fingerprint density at radius 3 is 2.69 bits per heavy atom. The lowest BCUT2D eigenvalue weighted by atomic mass is 10.1. The molecule has 0 atom stereocenters. The Hall–Kier alpha value is -3.53. The summed E-state index contributed by atoms with van der Waals surface area (Å²) >= 11 is 0. The average molecular weight is 346 g/mol. The van der Waals surface area contributed by atoms with E-state index in [-0.39, 0.29) is 0 Å². The van der Waals surface area contributed by atoms with Gasteiger partial charge in [-0.1, -0.05) is 6.07 Å². The lowest BCUT2D eigenvalue weighted by molar-refractivity contribution is 0.411. The molecule has 4 aromatic rings. The maximum Gasteiger partial charge on any atom is 0.185 e. The van der Waals surface area contributed by atoms with Crippen LogP contribution in [-0.2, 0) is 0 Å². The van der Waals surface area contributed by atoms with Crippen molar-refractivity contribution in [2.45, 2.75) is 20.8 Å². The van der Waals surface area contributed by atoms with Crippen LogP contribution in [-0.4, -0.2) is 26.3 Å². The third kappa shape index (κ3) is 1.93. The summed E-state index contributed by atoms with van der Waals surface area (Å²) in [5.41, 5.74) is 12.1. The van der Waals surface area contributed by atoms with E-state index in [1.807, 2.05) is 47.9 Å². The molecule has 0 aliphatic carbocycles. The summed E-state index contributed by atoms with van der Waals surface area (Å²) in [5.74, 6) is 1.15. The highest BCUT2D eigenvalue weighted by atomic mass is 16.5. The molecule has 0 aliphatic rings. The van der Waals surface area contributed by atoms with Crippen molar-refractivity contribution >= 4 is 22.4 Å². The van der Waals surface area contributed by atoms with Crippen LogP contribution in [0.15, 0.2) is 24.5 Å². The molecular weight excluding hydrogens is 328 g/mol. The van der Waals surface area contributed by atoms with Crippen molar-refractivity contribution in [3.8, 4) is 17.5 Å². The predicted octanol–water partition coefficient (Wildman–Crippen LogP) is 3.06. The van der Waals surface area contributed by atoms with Crippen LogP contribution in [0.2, 0.25) is 0 Å². The van der Waals surface area contributed by atoms with Crippen molar-refractivity contribution in [1.82, 2.24) is 19.2 Å². The van der Waals surface area contributed by atoms with Crippen LogP contribution in [0.5, 0.6) is 5.75 Å². The second-order valence-electron chi connectivity index (χ2n) is 6.34. The number of rotatable bonds is 2. The summed E-state index contributed by atoms with van der Waals surface area (Å²) in [6, 6.07) is 8.10. The smallest absolute Gasteiger partial charge is 0.185 e. The molecule has 7 heteroatoms. The summed E-state index contributed by atoms with van der Waals surface area (Å²) in [6.07, 6.45) is 1.66. The summed E-state index contributed by atoms with van der Waals surface area (Å²) in [4.78, 5) is 0. The summed E-state index contributed by atoms with van der Waals surface area (Å²) in [6.45, 7) is 5.94. The Labute approximate surface area is 150 Å². The molecule has 4 rings (SSSR count). The highest BCUT2D eigenvalue weighted by Gasteiger charge is 2.23. The number of methoxy groups -OCH3 is 1. The maximum atomic E-state index is 9.72. The standard InChI is InChI=1S/C19H18N6O/c1-10-5-6-15(26-4)12(3)16(10)25-17-13(14(8-20)18(25)21)7-11(2)24-9-22-23-19(17)24/h5-7,9H,21H2,1-4H3. The number of aryl methyl sites for hydroxylation is 2. The number of hydrogen-bond donors (Lipinski definition) is 1. The molecule has 0 radical (unpaired) electrons. The Morgan fingerprint density at radius 1 is 1.23 bits per heavy atom. The van der Waals surface area contributed by atoms with Crippen molar-refractivity contribution in [2.75, 3.05) is 12.8 Å². The van der Waals surface area contributed by atoms with Gasteiger partial charge in [-0.2, -0.15) is 5.26 Å². The lowest BCUT2D eigenvalue weighted by Crippen LogP contribution is -2.07. The molecule has 3 aromatic heterocycles. The topological polar surface area (TPSA) is 94.2 Å². The summed E-state index contributed by atoms with van der Waals surface area (Å²) in [5, 5.41) is 18.8. The molecule has 2 N–H and O–H groups in total. The van der Waals surface area contributed by atoms with Gasteiger partial charge in [0.15, 0.2) is 5.65 Å². The number of hydrogen-bond acceptors (Lipinski definition) is 5. The van der Waals surface area contributed by atoms with Crippen molar-refractivity contribution in [2.24, 2.45) is 0 Å². The predicted molar refractivity (Wildman–Crippen MR) is 99.7 cm³/mol. The molecule has 0 saturated heterocycles. The minimum Gasteiger partial charge on any atom is -0.496 e. The number of aromatic nitrogens is 4. The molecule has 3 heterocycles. The fourth-order valence-corrected chi connectivity index (χ4v) is 3.64. The van der Waals surface area contributed by atoms with Gasteiger partial charge >= 0.3 is 0 Å². The minimum absolute atomic E-state index is 0.387. The molecule has 0 aliphatic heterocycles. The van der Waals surface area contributed by atoms with E-state index < -0.39 is 0 Å². The van der Waals surface area contributed by atoms with E-state index in [1.54, 1.807) is 13.4 Å². The molecule has 0 unspecified atom stereocenters. The van der Waals surface area contributed by atoms with E-state index in [1.165, 1.54) is 0 Å². The zero-order valence-corrected chi connectivity index (χ0v) is 15.0. The molecule has 0 spiro atoms. The van der Waals surface area contributed by atoms with E-state index in [9.17, 15) is 5.26 Å². The van der Waals surface area contributed by atoms with Gasteiger partial charge in [0.2, 0.25) is 0 Å². The Bertz CT molecular complexity index is 1220. The van der Waals surface area contributed by atoms with E-state index in [2.05, 4.69) is 16.3 Å². The number of anilines is 1. The number of ether oxygens (including phenoxy) is 1. The first-order valence-electron chi connectivity index (χ1n) is 8.17. The Morgan fingerprint density at radius 2 is 2.00 bits per heavy atom. The normalized spacial score (nSPS) is 11.2. The summed E-state index contributed by atoms with van der Waals surface area (Å²) < 4.78 is 9.27. The summed E-state index contributed by atoms with van der Waals surface area (Å²) in [7, 11) is 1.64. The third-order valence-electron chi connectivity index (χ3n) is 4.88. The highest BCUT2D eigenvalue weighted by molar-refractivity contribution is 6.01. The number of nitrogens with zero attached hydrogens (tertiary/aromatic N) is 5. The van der Waals surface area contributed by atoms with E-state index in [0.717, 1.165) is 39.2 Å². The fourth-order valence-electron chi connectivity index (χ4n) is 3.64. The molecular formula is C19H18N6O. The first kappa shape index (κ1) is 16.0. The van der Waals surface area contributed by atoms with Crippen LogP contribution in [0.1, 0.15) is 22.4 Å². The van der Waals surface area contributed by atoms with Gasteiger partial charge in [-0.05, 0) is 38.5 Å². The first-order chi connectivity index (χ1) is 12.5. The quantitative estimate of drug-likeness (QED) is 0.602. The van der Waals surface area contributed by atoms with Crippen LogP contribution in [0.4, 0.5) is 5.82 Å². The molecule has 0 amide bonds. The number of fused-ring (bicyclic) bond motifs is 3. The van der Waals surface area contributed by atoms with Crippen LogP contribution in [0.25, 0.3) is 22.2 Å². The molecule has 130 valence electrons. The number of nitrogen functional groups attached to an aromatic ring is 1. The van der Waals surface area contributed by atoms with Gasteiger partial charge < -0.3 is 10.5 Å². The molecule has 0 saturated carbocycles. The van der Waals surface area contributed by atoms with E-state index in [4.69, 9.17) is 10.5 Å². The van der Waals surface area contributed by atoms with Crippen LogP contribution >= 0.6 is 0 Å². The number of benzene rings is 1. The zero-order chi connectivity index (χ0) is 18.6. The minimum atomic E-state index is 0.387. The third-order valence-corrected chi connectivity index (χ3v) is 4.88. The lowest BCUT2D eigenvalue weighted by Gasteiger charge is -2.17. The highest BCUT2D eigenvalue weighted by Crippen LogP contribution is 2.38. The van der Waals surface area contributed by atoms with Crippen molar-refractivity contribution in [3.05, 3.63) is 46.9 Å². The Balaban J connectivity index is 2.28. The number of nitrogens with two attached hydrogens (primary N) is 1.